The Morgan fingerprint density at radius 3 is 2.50 bits per heavy atom. The number of sulfone groups is 1. The molecule has 1 aromatic carbocycles. The molecule has 0 aromatic heterocycles. The van der Waals surface area contributed by atoms with Gasteiger partial charge in [0.15, 0.2) is 9.84 Å². The molecule has 1 fully saturated rings. The van der Waals surface area contributed by atoms with Crippen LogP contribution < -0.4 is 5.32 Å². The van der Waals surface area contributed by atoms with Crippen molar-refractivity contribution in [2.45, 2.75) is 11.0 Å². The summed E-state index contributed by atoms with van der Waals surface area (Å²) in [6.07, 6.45) is -0.557. The molecule has 88 valence electrons. The van der Waals surface area contributed by atoms with Gasteiger partial charge in [0.25, 0.3) is 0 Å². The third-order valence-corrected chi connectivity index (χ3v) is 4.70. The van der Waals surface area contributed by atoms with Crippen LogP contribution in [0.2, 0.25) is 0 Å². The van der Waals surface area contributed by atoms with Gasteiger partial charge < -0.3 is 10.4 Å². The molecule has 2 N–H and O–H groups in total. The summed E-state index contributed by atoms with van der Waals surface area (Å²) < 4.78 is 24.0. The second kappa shape index (κ2) is 4.53. The van der Waals surface area contributed by atoms with Crippen LogP contribution in [-0.4, -0.2) is 38.5 Å². The van der Waals surface area contributed by atoms with E-state index in [2.05, 4.69) is 5.32 Å². The largest absolute Gasteiger partial charge is 0.391 e. The van der Waals surface area contributed by atoms with E-state index < -0.39 is 15.9 Å². The molecule has 0 bridgehead atoms. The highest BCUT2D eigenvalue weighted by Gasteiger charge is 2.30. The first kappa shape index (κ1) is 11.6. The first-order valence-electron chi connectivity index (χ1n) is 5.26. The molecular weight excluding hydrogens is 226 g/mol. The third-order valence-electron chi connectivity index (χ3n) is 2.84. The van der Waals surface area contributed by atoms with Crippen molar-refractivity contribution in [3.8, 4) is 0 Å². The Bertz CT molecular complexity index is 444. The van der Waals surface area contributed by atoms with Gasteiger partial charge in [-0.2, -0.15) is 0 Å². The van der Waals surface area contributed by atoms with Gasteiger partial charge in [0.1, 0.15) is 0 Å². The molecule has 1 aliphatic heterocycles. The lowest BCUT2D eigenvalue weighted by Gasteiger charge is -2.13. The Kier molecular flexibility index (Phi) is 3.28. The maximum absolute atomic E-state index is 12.0. The van der Waals surface area contributed by atoms with Crippen molar-refractivity contribution >= 4 is 9.84 Å². The number of hydrogen-bond donors (Lipinski definition) is 2. The minimum absolute atomic E-state index is 0.00514. The fraction of sp³-hybridized carbons (Fsp3) is 0.455. The van der Waals surface area contributed by atoms with Crippen LogP contribution in [0.5, 0.6) is 0 Å². The molecule has 16 heavy (non-hydrogen) atoms. The van der Waals surface area contributed by atoms with Crippen LogP contribution in [0.1, 0.15) is 0 Å². The van der Waals surface area contributed by atoms with Gasteiger partial charge in [-0.1, -0.05) is 18.2 Å². The van der Waals surface area contributed by atoms with Gasteiger partial charge in [0, 0.05) is 19.0 Å². The molecule has 5 heteroatoms. The summed E-state index contributed by atoms with van der Waals surface area (Å²) in [7, 11) is -3.28. The summed E-state index contributed by atoms with van der Waals surface area (Å²) in [6.45, 7) is 1.04. The summed E-state index contributed by atoms with van der Waals surface area (Å²) in [5.41, 5.74) is 0. The number of β-amino-alcohol motifs (C(OH)–C–C–N with tert-alkyl or cyclic N) is 1. The summed E-state index contributed by atoms with van der Waals surface area (Å²) in [5, 5.41) is 12.6. The summed E-state index contributed by atoms with van der Waals surface area (Å²) in [5.74, 6) is -0.198. The highest BCUT2D eigenvalue weighted by atomic mass is 32.2. The number of hydrogen-bond acceptors (Lipinski definition) is 4. The van der Waals surface area contributed by atoms with E-state index in [4.69, 9.17) is 0 Å². The lowest BCUT2D eigenvalue weighted by atomic mass is 10.1. The summed E-state index contributed by atoms with van der Waals surface area (Å²) >= 11 is 0. The molecule has 1 heterocycles. The van der Waals surface area contributed by atoms with Crippen LogP contribution in [0.25, 0.3) is 0 Å². The molecular formula is C11H15NO3S. The van der Waals surface area contributed by atoms with Crippen molar-refractivity contribution in [1.29, 1.82) is 0 Å². The normalized spacial score (nSPS) is 25.8. The van der Waals surface area contributed by atoms with Gasteiger partial charge in [-0.3, -0.25) is 0 Å². The monoisotopic (exact) mass is 241 g/mol. The van der Waals surface area contributed by atoms with E-state index in [1.165, 1.54) is 0 Å². The zero-order valence-corrected chi connectivity index (χ0v) is 9.65. The lowest BCUT2D eigenvalue weighted by molar-refractivity contribution is 0.157. The summed E-state index contributed by atoms with van der Waals surface area (Å²) in [4.78, 5) is 0.328. The van der Waals surface area contributed by atoms with E-state index in [1.54, 1.807) is 30.3 Å². The molecule has 1 aromatic rings. The SMILES string of the molecule is O=S(=O)(CC1CNCC1O)c1ccccc1. The van der Waals surface area contributed by atoms with Crippen LogP contribution in [-0.2, 0) is 9.84 Å². The van der Waals surface area contributed by atoms with Crippen LogP contribution in [0.4, 0.5) is 0 Å². The first-order valence-corrected chi connectivity index (χ1v) is 6.91. The van der Waals surface area contributed by atoms with Crippen molar-refractivity contribution < 1.29 is 13.5 Å². The van der Waals surface area contributed by atoms with E-state index in [9.17, 15) is 13.5 Å². The average Bonchev–Trinajstić information content (AvgIpc) is 2.65. The van der Waals surface area contributed by atoms with Crippen LogP contribution in [0.3, 0.4) is 0 Å². The number of nitrogens with one attached hydrogen (secondary N) is 1. The van der Waals surface area contributed by atoms with E-state index in [0.29, 0.717) is 18.0 Å². The predicted molar refractivity (Wildman–Crippen MR) is 60.9 cm³/mol. The second-order valence-electron chi connectivity index (χ2n) is 4.08. The molecule has 1 saturated heterocycles. The van der Waals surface area contributed by atoms with Crippen molar-refractivity contribution in [2.75, 3.05) is 18.8 Å². The molecule has 0 saturated carbocycles. The lowest BCUT2D eigenvalue weighted by Crippen LogP contribution is -2.26. The van der Waals surface area contributed by atoms with Gasteiger partial charge in [-0.25, -0.2) is 8.42 Å². The van der Waals surface area contributed by atoms with Crippen molar-refractivity contribution in [3.05, 3.63) is 30.3 Å². The second-order valence-corrected chi connectivity index (χ2v) is 6.11. The average molecular weight is 241 g/mol. The van der Waals surface area contributed by atoms with E-state index in [-0.39, 0.29) is 11.7 Å². The van der Waals surface area contributed by atoms with Crippen LogP contribution in [0.15, 0.2) is 35.2 Å². The van der Waals surface area contributed by atoms with Gasteiger partial charge in [0.05, 0.1) is 16.8 Å². The Labute approximate surface area is 95.2 Å². The molecule has 4 nitrogen and oxygen atoms in total. The Morgan fingerprint density at radius 1 is 1.25 bits per heavy atom. The van der Waals surface area contributed by atoms with Gasteiger partial charge in [-0.05, 0) is 12.1 Å². The molecule has 0 spiro atoms. The van der Waals surface area contributed by atoms with Crippen LogP contribution >= 0.6 is 0 Å². The number of rotatable bonds is 3. The molecule has 0 amide bonds. The highest BCUT2D eigenvalue weighted by Crippen LogP contribution is 2.17. The molecule has 0 radical (unpaired) electrons. The van der Waals surface area contributed by atoms with Gasteiger partial charge in [0.2, 0.25) is 0 Å². The Hall–Kier alpha value is -0.910. The van der Waals surface area contributed by atoms with E-state index >= 15 is 0 Å². The van der Waals surface area contributed by atoms with Gasteiger partial charge in [-0.15, -0.1) is 0 Å². The quantitative estimate of drug-likeness (QED) is 0.784. The standard InChI is InChI=1S/C11H15NO3S/c13-11-7-12-6-9(11)8-16(14,15)10-4-2-1-3-5-10/h1-5,9,11-13H,6-8H2. The topological polar surface area (TPSA) is 66.4 Å². The van der Waals surface area contributed by atoms with Gasteiger partial charge >= 0.3 is 0 Å². The number of aliphatic hydroxyl groups excluding tert-OH is 1. The van der Waals surface area contributed by atoms with Crippen molar-refractivity contribution in [1.82, 2.24) is 5.32 Å². The molecule has 1 aliphatic rings. The van der Waals surface area contributed by atoms with Crippen molar-refractivity contribution in [3.63, 3.8) is 0 Å². The minimum atomic E-state index is -3.28. The van der Waals surface area contributed by atoms with E-state index in [1.807, 2.05) is 0 Å². The van der Waals surface area contributed by atoms with Crippen molar-refractivity contribution in [2.24, 2.45) is 5.92 Å². The third kappa shape index (κ3) is 2.42. The first-order chi connectivity index (χ1) is 7.59. The Morgan fingerprint density at radius 2 is 1.94 bits per heavy atom. The number of benzene rings is 1. The van der Waals surface area contributed by atoms with Crippen LogP contribution in [0, 0.1) is 5.92 Å². The fourth-order valence-corrected chi connectivity index (χ4v) is 3.56. The minimum Gasteiger partial charge on any atom is -0.391 e. The molecule has 0 aliphatic carbocycles. The highest BCUT2D eigenvalue weighted by molar-refractivity contribution is 7.91. The smallest absolute Gasteiger partial charge is 0.178 e. The molecule has 2 rings (SSSR count). The predicted octanol–water partition coefficient (Wildman–Crippen LogP) is 0.0406. The summed E-state index contributed by atoms with van der Waals surface area (Å²) in [6, 6.07) is 8.37. The fourth-order valence-electron chi connectivity index (χ4n) is 1.90. The zero-order chi connectivity index (χ0) is 11.6. The zero-order valence-electron chi connectivity index (χ0n) is 8.83. The van der Waals surface area contributed by atoms with E-state index in [0.717, 1.165) is 0 Å². The molecule has 2 unspecified atom stereocenters. The Balaban J connectivity index is 2.15. The number of aliphatic hydroxyl groups is 1. The maximum atomic E-state index is 12.0. The maximum Gasteiger partial charge on any atom is 0.178 e. The molecule has 2 atom stereocenters.